The molecule has 31 heavy (non-hydrogen) atoms. The molecule has 1 atom stereocenters. The van der Waals surface area contributed by atoms with Crippen LogP contribution in [0.3, 0.4) is 0 Å². The average Bonchev–Trinajstić information content (AvgIpc) is 2.80. The lowest BCUT2D eigenvalue weighted by molar-refractivity contribution is -0.145. The largest absolute Gasteiger partial charge is 0.479 e. The van der Waals surface area contributed by atoms with Crippen LogP contribution in [0.1, 0.15) is 30.4 Å². The summed E-state index contributed by atoms with van der Waals surface area (Å²) in [7, 11) is 0. The normalized spacial score (nSPS) is 11.5. The first kappa shape index (κ1) is 22.1. The number of rotatable bonds is 11. The zero-order valence-corrected chi connectivity index (χ0v) is 17.4. The molecule has 1 amide bonds. The van der Waals surface area contributed by atoms with Crippen LogP contribution in [-0.4, -0.2) is 28.0 Å². The Kier molecular flexibility index (Phi) is 8.23. The van der Waals surface area contributed by atoms with Gasteiger partial charge in [-0.05, 0) is 36.1 Å². The first-order valence-corrected chi connectivity index (χ1v) is 10.4. The van der Waals surface area contributed by atoms with Crippen molar-refractivity contribution >= 4 is 11.9 Å². The van der Waals surface area contributed by atoms with E-state index < -0.39 is 12.1 Å². The summed E-state index contributed by atoms with van der Waals surface area (Å²) in [4.78, 5) is 26.4. The lowest BCUT2D eigenvalue weighted by atomic mass is 10.1. The Balaban J connectivity index is 1.60. The molecule has 0 bridgehead atoms. The Morgan fingerprint density at radius 2 is 1.26 bits per heavy atom. The zero-order valence-electron chi connectivity index (χ0n) is 17.4. The number of hydrogen-bond acceptors (Lipinski definition) is 3. The maximum atomic E-state index is 13.0. The third-order valence-corrected chi connectivity index (χ3v) is 4.94. The second-order valence-electron chi connectivity index (χ2n) is 7.37. The molecular formula is C26H27NO4. The van der Waals surface area contributed by atoms with Crippen LogP contribution in [0.15, 0.2) is 91.0 Å². The van der Waals surface area contributed by atoms with Gasteiger partial charge in [0.05, 0.1) is 0 Å². The number of hydrogen-bond donors (Lipinski definition) is 1. The third-order valence-electron chi connectivity index (χ3n) is 4.94. The fourth-order valence-corrected chi connectivity index (χ4v) is 3.33. The van der Waals surface area contributed by atoms with Crippen molar-refractivity contribution in [2.24, 2.45) is 0 Å². The van der Waals surface area contributed by atoms with Crippen LogP contribution < -0.4 is 4.74 Å². The van der Waals surface area contributed by atoms with Gasteiger partial charge < -0.3 is 14.7 Å². The summed E-state index contributed by atoms with van der Waals surface area (Å²) >= 11 is 0. The van der Waals surface area contributed by atoms with Crippen molar-refractivity contribution in [3.63, 3.8) is 0 Å². The van der Waals surface area contributed by atoms with Gasteiger partial charge in [-0.3, -0.25) is 4.79 Å². The molecule has 0 radical (unpaired) electrons. The lowest BCUT2D eigenvalue weighted by Gasteiger charge is -2.23. The van der Waals surface area contributed by atoms with Gasteiger partial charge in [-0.25, -0.2) is 4.79 Å². The van der Waals surface area contributed by atoms with Crippen molar-refractivity contribution in [2.75, 3.05) is 0 Å². The van der Waals surface area contributed by atoms with E-state index in [0.29, 0.717) is 25.3 Å². The molecule has 3 aromatic rings. The highest BCUT2D eigenvalue weighted by Crippen LogP contribution is 2.17. The molecule has 5 nitrogen and oxygen atoms in total. The van der Waals surface area contributed by atoms with E-state index in [9.17, 15) is 14.7 Å². The smallest absolute Gasteiger partial charge is 0.344 e. The van der Waals surface area contributed by atoms with Gasteiger partial charge in [-0.2, -0.15) is 0 Å². The van der Waals surface area contributed by atoms with E-state index in [4.69, 9.17) is 4.74 Å². The maximum absolute atomic E-state index is 13.0. The predicted octanol–water partition coefficient (Wildman–Crippen LogP) is 4.92. The van der Waals surface area contributed by atoms with Crippen molar-refractivity contribution < 1.29 is 19.4 Å². The number of carboxylic acids is 1. The highest BCUT2D eigenvalue weighted by molar-refractivity contribution is 5.76. The molecule has 3 aromatic carbocycles. The van der Waals surface area contributed by atoms with Crippen LogP contribution in [0.5, 0.6) is 5.75 Å². The Morgan fingerprint density at radius 3 is 1.74 bits per heavy atom. The van der Waals surface area contributed by atoms with Crippen molar-refractivity contribution in [2.45, 2.75) is 38.5 Å². The van der Waals surface area contributed by atoms with Crippen molar-refractivity contribution in [3.8, 4) is 5.75 Å². The second kappa shape index (κ2) is 11.6. The Labute approximate surface area is 182 Å². The van der Waals surface area contributed by atoms with Crippen LogP contribution >= 0.6 is 0 Å². The van der Waals surface area contributed by atoms with E-state index in [1.807, 2.05) is 71.6 Å². The monoisotopic (exact) mass is 417 g/mol. The molecular weight excluding hydrogens is 390 g/mol. The van der Waals surface area contributed by atoms with Gasteiger partial charge in [0.2, 0.25) is 5.91 Å². The molecule has 0 fully saturated rings. The molecule has 1 unspecified atom stereocenters. The van der Waals surface area contributed by atoms with E-state index in [1.54, 1.807) is 24.3 Å². The minimum absolute atomic E-state index is 0.00319. The second-order valence-corrected chi connectivity index (χ2v) is 7.37. The van der Waals surface area contributed by atoms with Crippen molar-refractivity contribution in [1.29, 1.82) is 0 Å². The summed E-state index contributed by atoms with van der Waals surface area (Å²) < 4.78 is 5.59. The summed E-state index contributed by atoms with van der Waals surface area (Å²) in [5, 5.41) is 9.48. The zero-order chi connectivity index (χ0) is 21.9. The molecule has 1 N–H and O–H groups in total. The molecule has 0 aliphatic heterocycles. The molecule has 0 aliphatic carbocycles. The minimum atomic E-state index is -1.03. The van der Waals surface area contributed by atoms with Crippen LogP contribution in [0.2, 0.25) is 0 Å². The number of aliphatic carboxylic acids is 1. The fraction of sp³-hybridized carbons (Fsp3) is 0.231. The maximum Gasteiger partial charge on any atom is 0.344 e. The summed E-state index contributed by atoms with van der Waals surface area (Å²) in [6, 6.07) is 28.6. The van der Waals surface area contributed by atoms with Crippen LogP contribution in [-0.2, 0) is 22.7 Å². The molecule has 0 saturated carbocycles. The van der Waals surface area contributed by atoms with Gasteiger partial charge >= 0.3 is 5.97 Å². The summed E-state index contributed by atoms with van der Waals surface area (Å²) in [6.07, 6.45) is -0.0166. The molecule has 3 rings (SSSR count). The Morgan fingerprint density at radius 1 is 0.774 bits per heavy atom. The molecule has 160 valence electrons. The van der Waals surface area contributed by atoms with E-state index in [-0.39, 0.29) is 18.7 Å². The Bertz CT molecular complexity index is 903. The topological polar surface area (TPSA) is 66.8 Å². The predicted molar refractivity (Wildman–Crippen MR) is 119 cm³/mol. The van der Waals surface area contributed by atoms with Crippen LogP contribution in [0, 0.1) is 0 Å². The molecule has 5 heteroatoms. The van der Waals surface area contributed by atoms with Crippen molar-refractivity contribution in [3.05, 3.63) is 102 Å². The van der Waals surface area contributed by atoms with Gasteiger partial charge in [0, 0.05) is 19.5 Å². The number of ether oxygens (including phenoxy) is 1. The molecule has 0 heterocycles. The van der Waals surface area contributed by atoms with Crippen LogP contribution in [0.4, 0.5) is 0 Å². The van der Waals surface area contributed by atoms with Gasteiger partial charge in [0.15, 0.2) is 6.10 Å². The number of benzene rings is 3. The number of carbonyl (C=O) groups excluding carboxylic acids is 1. The standard InChI is InChI=1S/C26H27NO4/c28-25(18-10-17-24(26(29)30)31-23-15-8-3-9-16-23)27(19-21-11-4-1-5-12-21)20-22-13-6-2-7-14-22/h1-9,11-16,24H,10,17-20H2,(H,29,30). The number of nitrogens with zero attached hydrogens (tertiary/aromatic N) is 1. The molecule has 0 aliphatic rings. The van der Waals surface area contributed by atoms with Crippen LogP contribution in [0.25, 0.3) is 0 Å². The quantitative estimate of drug-likeness (QED) is 0.481. The average molecular weight is 418 g/mol. The number of para-hydroxylation sites is 1. The lowest BCUT2D eigenvalue weighted by Crippen LogP contribution is -2.31. The third kappa shape index (κ3) is 7.30. The van der Waals surface area contributed by atoms with E-state index in [0.717, 1.165) is 11.1 Å². The SMILES string of the molecule is O=C(O)C(CCCC(=O)N(Cc1ccccc1)Cc1ccccc1)Oc1ccccc1. The number of amides is 1. The first-order chi connectivity index (χ1) is 15.1. The van der Waals surface area contributed by atoms with E-state index >= 15 is 0 Å². The van der Waals surface area contributed by atoms with Gasteiger partial charge in [-0.15, -0.1) is 0 Å². The number of carbonyl (C=O) groups is 2. The van der Waals surface area contributed by atoms with Gasteiger partial charge in [-0.1, -0.05) is 78.9 Å². The number of carboxylic acid groups (broad SMARTS) is 1. The fourth-order valence-electron chi connectivity index (χ4n) is 3.33. The highest BCUT2D eigenvalue weighted by Gasteiger charge is 2.21. The van der Waals surface area contributed by atoms with Crippen molar-refractivity contribution in [1.82, 2.24) is 4.90 Å². The summed E-state index contributed by atoms with van der Waals surface area (Å²) in [5.74, 6) is -0.519. The molecule has 0 spiro atoms. The molecule has 0 aromatic heterocycles. The van der Waals surface area contributed by atoms with Gasteiger partial charge in [0.25, 0.3) is 0 Å². The Hall–Kier alpha value is -3.60. The highest BCUT2D eigenvalue weighted by atomic mass is 16.5. The molecule has 0 saturated heterocycles. The van der Waals surface area contributed by atoms with Gasteiger partial charge in [0.1, 0.15) is 5.75 Å². The van der Waals surface area contributed by atoms with E-state index in [1.165, 1.54) is 0 Å². The summed E-state index contributed by atoms with van der Waals surface area (Å²) in [5.41, 5.74) is 2.12. The first-order valence-electron chi connectivity index (χ1n) is 10.4. The van der Waals surface area contributed by atoms with E-state index in [2.05, 4.69) is 0 Å². The summed E-state index contributed by atoms with van der Waals surface area (Å²) in [6.45, 7) is 1.02. The minimum Gasteiger partial charge on any atom is -0.479 e.